The maximum atomic E-state index is 12.9. The van der Waals surface area contributed by atoms with Crippen molar-refractivity contribution in [1.82, 2.24) is 4.98 Å². The van der Waals surface area contributed by atoms with Crippen LogP contribution in [0, 0.1) is 11.3 Å². The Labute approximate surface area is 122 Å². The molecule has 1 fully saturated rings. The number of nitrogens with zero attached hydrogens (tertiary/aromatic N) is 3. The van der Waals surface area contributed by atoms with E-state index >= 15 is 0 Å². The third-order valence-electron chi connectivity index (χ3n) is 3.81. The van der Waals surface area contributed by atoms with E-state index < -0.39 is 11.9 Å². The van der Waals surface area contributed by atoms with Gasteiger partial charge in [0, 0.05) is 12.6 Å². The molecule has 0 amide bonds. The van der Waals surface area contributed by atoms with E-state index in [1.165, 1.54) is 6.07 Å². The molecule has 0 N–H and O–H groups in total. The van der Waals surface area contributed by atoms with Crippen molar-refractivity contribution in [3.8, 4) is 6.07 Å². The zero-order valence-corrected chi connectivity index (χ0v) is 12.0. The first kappa shape index (κ1) is 15.6. The van der Waals surface area contributed by atoms with Gasteiger partial charge in [0.1, 0.15) is 17.6 Å². The Balaban J connectivity index is 2.42. The van der Waals surface area contributed by atoms with Crippen molar-refractivity contribution in [3.63, 3.8) is 0 Å². The van der Waals surface area contributed by atoms with E-state index in [0.29, 0.717) is 6.54 Å². The third kappa shape index (κ3) is 3.46. The normalized spacial score (nSPS) is 19.4. The van der Waals surface area contributed by atoms with Crippen LogP contribution in [0.3, 0.4) is 0 Å². The molecule has 0 aliphatic carbocycles. The predicted molar refractivity (Wildman–Crippen MR) is 73.8 cm³/mol. The van der Waals surface area contributed by atoms with Crippen LogP contribution in [-0.4, -0.2) is 17.6 Å². The molecule has 1 atom stereocenters. The van der Waals surface area contributed by atoms with Crippen molar-refractivity contribution in [3.05, 3.63) is 23.4 Å². The standard InChI is InChI=1S/C15H18F3N3/c1-2-5-12-6-3-4-9-21(12)14-11(10-19)7-8-13(20-14)15(16,17)18/h7-8,12H,2-6,9H2,1H3. The lowest BCUT2D eigenvalue weighted by Gasteiger charge is -2.37. The first-order chi connectivity index (χ1) is 9.97. The minimum absolute atomic E-state index is 0.173. The van der Waals surface area contributed by atoms with E-state index in [1.54, 1.807) is 0 Å². The third-order valence-corrected chi connectivity index (χ3v) is 3.81. The smallest absolute Gasteiger partial charge is 0.353 e. The largest absolute Gasteiger partial charge is 0.433 e. The zero-order chi connectivity index (χ0) is 15.5. The van der Waals surface area contributed by atoms with E-state index in [9.17, 15) is 13.2 Å². The van der Waals surface area contributed by atoms with E-state index in [0.717, 1.165) is 38.2 Å². The minimum Gasteiger partial charge on any atom is -0.353 e. The van der Waals surface area contributed by atoms with Crippen molar-refractivity contribution in [2.75, 3.05) is 11.4 Å². The van der Waals surface area contributed by atoms with Gasteiger partial charge in [-0.05, 0) is 37.8 Å². The first-order valence-corrected chi connectivity index (χ1v) is 7.22. The molecule has 3 nitrogen and oxygen atoms in total. The first-order valence-electron chi connectivity index (χ1n) is 7.22. The van der Waals surface area contributed by atoms with Gasteiger partial charge in [-0.25, -0.2) is 4.98 Å². The minimum atomic E-state index is -4.49. The second-order valence-electron chi connectivity index (χ2n) is 5.31. The summed E-state index contributed by atoms with van der Waals surface area (Å²) in [7, 11) is 0. The lowest BCUT2D eigenvalue weighted by atomic mass is 9.97. The zero-order valence-electron chi connectivity index (χ0n) is 12.0. The van der Waals surface area contributed by atoms with Gasteiger partial charge in [-0.2, -0.15) is 18.4 Å². The number of piperidine rings is 1. The molecule has 0 radical (unpaired) electrons. The number of hydrogen-bond donors (Lipinski definition) is 0. The molecule has 1 aromatic heterocycles. The summed E-state index contributed by atoms with van der Waals surface area (Å²) >= 11 is 0. The van der Waals surface area contributed by atoms with Crippen LogP contribution in [-0.2, 0) is 6.18 Å². The number of halogens is 3. The fourth-order valence-electron chi connectivity index (χ4n) is 2.83. The number of alkyl halides is 3. The molecule has 114 valence electrons. The van der Waals surface area contributed by atoms with Crippen LogP contribution in [0.25, 0.3) is 0 Å². The Bertz CT molecular complexity index is 532. The van der Waals surface area contributed by atoms with Gasteiger partial charge < -0.3 is 4.90 Å². The number of aromatic nitrogens is 1. The number of pyridine rings is 1. The maximum absolute atomic E-state index is 12.9. The van der Waals surface area contributed by atoms with Crippen LogP contribution in [0.4, 0.5) is 19.0 Å². The van der Waals surface area contributed by atoms with Gasteiger partial charge in [-0.3, -0.25) is 0 Å². The molecule has 1 aliphatic heterocycles. The van der Waals surface area contributed by atoms with Gasteiger partial charge in [-0.1, -0.05) is 13.3 Å². The van der Waals surface area contributed by atoms with E-state index in [2.05, 4.69) is 11.9 Å². The van der Waals surface area contributed by atoms with Crippen molar-refractivity contribution in [2.45, 2.75) is 51.2 Å². The van der Waals surface area contributed by atoms with E-state index in [-0.39, 0.29) is 17.4 Å². The number of hydrogen-bond acceptors (Lipinski definition) is 3. The topological polar surface area (TPSA) is 39.9 Å². The summed E-state index contributed by atoms with van der Waals surface area (Å²) in [5.41, 5.74) is -0.719. The van der Waals surface area contributed by atoms with Crippen LogP contribution in [0.1, 0.15) is 50.3 Å². The van der Waals surface area contributed by atoms with Crippen molar-refractivity contribution >= 4 is 5.82 Å². The monoisotopic (exact) mass is 297 g/mol. The Hall–Kier alpha value is -1.77. The highest BCUT2D eigenvalue weighted by Gasteiger charge is 2.34. The molecule has 6 heteroatoms. The quantitative estimate of drug-likeness (QED) is 0.842. The average Bonchev–Trinajstić information content (AvgIpc) is 2.46. The molecule has 0 saturated carbocycles. The Kier molecular flexibility index (Phi) is 4.71. The van der Waals surface area contributed by atoms with E-state index in [4.69, 9.17) is 5.26 Å². The van der Waals surface area contributed by atoms with Gasteiger partial charge in [0.25, 0.3) is 0 Å². The van der Waals surface area contributed by atoms with Crippen molar-refractivity contribution < 1.29 is 13.2 Å². The van der Waals surface area contributed by atoms with Crippen LogP contribution in [0.15, 0.2) is 12.1 Å². The molecule has 2 rings (SSSR count). The SMILES string of the molecule is CCCC1CCCCN1c1nc(C(F)(F)F)ccc1C#N. The molecule has 0 spiro atoms. The van der Waals surface area contributed by atoms with E-state index in [1.807, 2.05) is 11.0 Å². The van der Waals surface area contributed by atoms with Gasteiger partial charge in [-0.15, -0.1) is 0 Å². The van der Waals surface area contributed by atoms with Crippen LogP contribution >= 0.6 is 0 Å². The second-order valence-corrected chi connectivity index (χ2v) is 5.31. The summed E-state index contributed by atoms with van der Waals surface area (Å²) in [6.07, 6.45) is 0.311. The Morgan fingerprint density at radius 1 is 1.38 bits per heavy atom. The molecule has 1 unspecified atom stereocenters. The molecule has 2 heterocycles. The number of rotatable bonds is 3. The molecular weight excluding hydrogens is 279 g/mol. The van der Waals surface area contributed by atoms with Gasteiger partial charge in [0.15, 0.2) is 0 Å². The van der Waals surface area contributed by atoms with Gasteiger partial charge in [0.05, 0.1) is 5.56 Å². The van der Waals surface area contributed by atoms with Crippen molar-refractivity contribution in [1.29, 1.82) is 5.26 Å². The fourth-order valence-corrected chi connectivity index (χ4v) is 2.83. The highest BCUT2D eigenvalue weighted by molar-refractivity contribution is 5.55. The maximum Gasteiger partial charge on any atom is 0.433 e. The molecule has 0 aromatic carbocycles. The highest BCUT2D eigenvalue weighted by Crippen LogP contribution is 2.33. The van der Waals surface area contributed by atoms with Crippen LogP contribution in [0.5, 0.6) is 0 Å². The molecule has 1 aliphatic rings. The summed E-state index contributed by atoms with van der Waals surface area (Å²) in [5, 5.41) is 9.16. The molecule has 1 aromatic rings. The lowest BCUT2D eigenvalue weighted by molar-refractivity contribution is -0.141. The fraction of sp³-hybridized carbons (Fsp3) is 0.600. The molecule has 1 saturated heterocycles. The van der Waals surface area contributed by atoms with Crippen molar-refractivity contribution in [2.24, 2.45) is 0 Å². The van der Waals surface area contributed by atoms with Crippen LogP contribution < -0.4 is 4.90 Å². The van der Waals surface area contributed by atoms with Gasteiger partial charge in [0.2, 0.25) is 0 Å². The summed E-state index contributed by atoms with van der Waals surface area (Å²) < 4.78 is 38.6. The summed E-state index contributed by atoms with van der Waals surface area (Å²) in [5.74, 6) is 0.186. The summed E-state index contributed by atoms with van der Waals surface area (Å²) in [6.45, 7) is 2.71. The number of nitriles is 1. The molecule has 21 heavy (non-hydrogen) atoms. The Morgan fingerprint density at radius 3 is 2.76 bits per heavy atom. The average molecular weight is 297 g/mol. The molecular formula is C15H18F3N3. The predicted octanol–water partition coefficient (Wildman–Crippen LogP) is 4.13. The van der Waals surface area contributed by atoms with Gasteiger partial charge >= 0.3 is 6.18 Å². The summed E-state index contributed by atoms with van der Waals surface area (Å²) in [6, 6.07) is 4.24. The lowest BCUT2D eigenvalue weighted by Crippen LogP contribution is -2.40. The summed E-state index contributed by atoms with van der Waals surface area (Å²) in [4.78, 5) is 5.64. The molecule has 0 bridgehead atoms. The Morgan fingerprint density at radius 2 is 2.14 bits per heavy atom. The number of anilines is 1. The second kappa shape index (κ2) is 6.33. The highest BCUT2D eigenvalue weighted by atomic mass is 19.4. The van der Waals surface area contributed by atoms with Crippen LogP contribution in [0.2, 0.25) is 0 Å².